The van der Waals surface area contributed by atoms with Gasteiger partial charge in [0, 0.05) is 29.0 Å². The molecule has 7 heteroatoms. The van der Waals surface area contributed by atoms with E-state index in [0.717, 1.165) is 45.7 Å². The van der Waals surface area contributed by atoms with Crippen LogP contribution >= 0.6 is 43.2 Å². The molecule has 2 rings (SSSR count). The molecular formula is C13H18Br2N2O2S. The lowest BCUT2D eigenvalue weighted by Crippen LogP contribution is -2.37. The molecule has 1 atom stereocenters. The monoisotopic (exact) mass is 424 g/mol. The van der Waals surface area contributed by atoms with Crippen molar-refractivity contribution < 1.29 is 9.53 Å². The van der Waals surface area contributed by atoms with E-state index < -0.39 is 0 Å². The van der Waals surface area contributed by atoms with Gasteiger partial charge in [-0.1, -0.05) is 0 Å². The van der Waals surface area contributed by atoms with Gasteiger partial charge in [0.15, 0.2) is 0 Å². The van der Waals surface area contributed by atoms with Crippen molar-refractivity contribution in [1.82, 2.24) is 10.2 Å². The molecule has 1 aliphatic heterocycles. The van der Waals surface area contributed by atoms with E-state index in [2.05, 4.69) is 42.1 Å². The van der Waals surface area contributed by atoms with Crippen LogP contribution in [-0.2, 0) is 9.53 Å². The predicted octanol–water partition coefficient (Wildman–Crippen LogP) is 3.17. The molecule has 0 radical (unpaired) electrons. The number of carbonyl (C=O) groups excluding carboxylic acids is 1. The minimum absolute atomic E-state index is 0.157. The zero-order chi connectivity index (χ0) is 14.5. The summed E-state index contributed by atoms with van der Waals surface area (Å²) in [5.74, 6) is -0.157. The normalized spacial score (nSPS) is 18.6. The number of carbonyl (C=O) groups is 1. The molecule has 1 saturated heterocycles. The smallest absolute Gasteiger partial charge is 0.328 e. The molecule has 0 amide bonds. The first-order chi connectivity index (χ1) is 9.63. The maximum atomic E-state index is 12.4. The van der Waals surface area contributed by atoms with E-state index in [0.29, 0.717) is 6.61 Å². The standard InChI is InChI=1S/C13H18Br2N2O2S/c1-2-19-13(18)11(10-8-9(14)12(15)20-10)17-6-3-4-16-5-7-17/h8,11,16H,2-7H2,1H3. The molecule has 1 aromatic rings. The minimum atomic E-state index is -0.303. The topological polar surface area (TPSA) is 41.6 Å². The van der Waals surface area contributed by atoms with Crippen molar-refractivity contribution >= 4 is 49.2 Å². The lowest BCUT2D eigenvalue weighted by Gasteiger charge is -2.27. The van der Waals surface area contributed by atoms with Crippen LogP contribution in [0.25, 0.3) is 0 Å². The summed E-state index contributed by atoms with van der Waals surface area (Å²) < 4.78 is 7.27. The lowest BCUT2D eigenvalue weighted by atomic mass is 10.2. The Balaban J connectivity index is 2.25. The molecule has 0 bridgehead atoms. The summed E-state index contributed by atoms with van der Waals surface area (Å²) in [6, 6.07) is 1.71. The summed E-state index contributed by atoms with van der Waals surface area (Å²) >= 11 is 8.58. The van der Waals surface area contributed by atoms with Crippen molar-refractivity contribution in [3.05, 3.63) is 19.2 Å². The van der Waals surface area contributed by atoms with Gasteiger partial charge in [0.25, 0.3) is 0 Å². The third kappa shape index (κ3) is 4.04. The summed E-state index contributed by atoms with van der Waals surface area (Å²) in [5, 5.41) is 3.36. The fourth-order valence-electron chi connectivity index (χ4n) is 2.29. The van der Waals surface area contributed by atoms with Crippen LogP contribution in [0.1, 0.15) is 24.3 Å². The first kappa shape index (κ1) is 16.4. The predicted molar refractivity (Wildman–Crippen MR) is 88.2 cm³/mol. The molecule has 0 spiro atoms. The van der Waals surface area contributed by atoms with Gasteiger partial charge < -0.3 is 10.1 Å². The van der Waals surface area contributed by atoms with Crippen molar-refractivity contribution in [1.29, 1.82) is 0 Å². The second-order valence-electron chi connectivity index (χ2n) is 4.56. The third-order valence-corrected chi connectivity index (χ3v) is 6.49. The van der Waals surface area contributed by atoms with Crippen LogP contribution in [0.3, 0.4) is 0 Å². The van der Waals surface area contributed by atoms with Crippen LogP contribution in [-0.4, -0.2) is 43.7 Å². The highest BCUT2D eigenvalue weighted by atomic mass is 79.9. The third-order valence-electron chi connectivity index (χ3n) is 3.18. The van der Waals surface area contributed by atoms with Crippen molar-refractivity contribution in [2.24, 2.45) is 0 Å². The van der Waals surface area contributed by atoms with Gasteiger partial charge in [-0.15, -0.1) is 11.3 Å². The summed E-state index contributed by atoms with van der Waals surface area (Å²) in [7, 11) is 0. The molecule has 1 unspecified atom stereocenters. The molecule has 112 valence electrons. The Morgan fingerprint density at radius 1 is 1.50 bits per heavy atom. The van der Waals surface area contributed by atoms with E-state index in [4.69, 9.17) is 4.74 Å². The zero-order valence-electron chi connectivity index (χ0n) is 11.3. The molecule has 1 aromatic heterocycles. The fraction of sp³-hybridized carbons (Fsp3) is 0.615. The number of esters is 1. The number of hydrogen-bond donors (Lipinski definition) is 1. The summed E-state index contributed by atoms with van der Waals surface area (Å²) in [6.45, 7) is 5.93. The average Bonchev–Trinajstić information content (AvgIpc) is 2.63. The van der Waals surface area contributed by atoms with Gasteiger partial charge in [0.1, 0.15) is 6.04 Å². The number of nitrogens with zero attached hydrogens (tertiary/aromatic N) is 1. The number of ether oxygens (including phenoxy) is 1. The number of thiophene rings is 1. The molecule has 1 fully saturated rings. The Hall–Kier alpha value is 0.0500. The summed E-state index contributed by atoms with van der Waals surface area (Å²) in [4.78, 5) is 15.6. The first-order valence-electron chi connectivity index (χ1n) is 6.69. The number of nitrogens with one attached hydrogen (secondary N) is 1. The Labute approximate surface area is 140 Å². The molecule has 2 heterocycles. The van der Waals surface area contributed by atoms with E-state index in [1.807, 2.05) is 13.0 Å². The first-order valence-corrected chi connectivity index (χ1v) is 9.10. The van der Waals surface area contributed by atoms with Crippen molar-refractivity contribution in [2.45, 2.75) is 19.4 Å². The van der Waals surface area contributed by atoms with E-state index in [9.17, 15) is 4.79 Å². The quantitative estimate of drug-likeness (QED) is 0.752. The Bertz CT molecular complexity index is 440. The van der Waals surface area contributed by atoms with E-state index >= 15 is 0 Å². The fourth-order valence-corrected chi connectivity index (χ4v) is 4.50. The van der Waals surface area contributed by atoms with Gasteiger partial charge in [-0.25, -0.2) is 4.79 Å². The molecule has 0 aliphatic carbocycles. The molecule has 0 aromatic carbocycles. The molecular weight excluding hydrogens is 408 g/mol. The largest absolute Gasteiger partial charge is 0.465 e. The van der Waals surface area contributed by atoms with Crippen LogP contribution in [0.2, 0.25) is 0 Å². The lowest BCUT2D eigenvalue weighted by molar-refractivity contribution is -0.149. The van der Waals surface area contributed by atoms with Crippen molar-refractivity contribution in [3.63, 3.8) is 0 Å². The highest BCUT2D eigenvalue weighted by Crippen LogP contribution is 2.38. The zero-order valence-corrected chi connectivity index (χ0v) is 15.3. The number of hydrogen-bond acceptors (Lipinski definition) is 5. The highest BCUT2D eigenvalue weighted by molar-refractivity contribution is 9.13. The highest BCUT2D eigenvalue weighted by Gasteiger charge is 2.31. The molecule has 4 nitrogen and oxygen atoms in total. The minimum Gasteiger partial charge on any atom is -0.465 e. The van der Waals surface area contributed by atoms with E-state index in [1.54, 1.807) is 11.3 Å². The molecule has 1 aliphatic rings. The summed E-state index contributed by atoms with van der Waals surface area (Å²) in [5.41, 5.74) is 0. The second-order valence-corrected chi connectivity index (χ2v) is 7.82. The van der Waals surface area contributed by atoms with Crippen molar-refractivity contribution in [3.8, 4) is 0 Å². The number of rotatable bonds is 4. The van der Waals surface area contributed by atoms with E-state index in [1.165, 1.54) is 0 Å². The average molecular weight is 426 g/mol. The van der Waals surface area contributed by atoms with Crippen LogP contribution in [0.4, 0.5) is 0 Å². The molecule has 0 saturated carbocycles. The van der Waals surface area contributed by atoms with Gasteiger partial charge in [0.2, 0.25) is 0 Å². The van der Waals surface area contributed by atoms with Gasteiger partial charge >= 0.3 is 5.97 Å². The molecule has 20 heavy (non-hydrogen) atoms. The number of halogens is 2. The van der Waals surface area contributed by atoms with Crippen molar-refractivity contribution in [2.75, 3.05) is 32.8 Å². The van der Waals surface area contributed by atoms with Gasteiger partial charge in [0.05, 0.1) is 10.4 Å². The summed E-state index contributed by atoms with van der Waals surface area (Å²) in [6.07, 6.45) is 1.05. The van der Waals surface area contributed by atoms with Gasteiger partial charge in [-0.3, -0.25) is 4.90 Å². The van der Waals surface area contributed by atoms with Crippen LogP contribution in [0.5, 0.6) is 0 Å². The molecule has 1 N–H and O–H groups in total. The SMILES string of the molecule is CCOC(=O)C(c1cc(Br)c(Br)s1)N1CCCNCC1. The van der Waals surface area contributed by atoms with Crippen LogP contribution < -0.4 is 5.32 Å². The Morgan fingerprint density at radius 3 is 2.95 bits per heavy atom. The van der Waals surface area contributed by atoms with E-state index in [-0.39, 0.29) is 12.0 Å². The maximum Gasteiger partial charge on any atom is 0.328 e. The van der Waals surface area contributed by atoms with Gasteiger partial charge in [-0.2, -0.15) is 0 Å². The maximum absolute atomic E-state index is 12.4. The second kappa shape index (κ2) is 7.89. The van der Waals surface area contributed by atoms with Crippen LogP contribution in [0.15, 0.2) is 14.3 Å². The van der Waals surface area contributed by atoms with Gasteiger partial charge in [-0.05, 0) is 57.8 Å². The van der Waals surface area contributed by atoms with Crippen LogP contribution in [0, 0.1) is 0 Å². The Morgan fingerprint density at radius 2 is 2.30 bits per heavy atom. The Kier molecular flexibility index (Phi) is 6.48.